The molecule has 2 aliphatic rings. The number of thioether (sulfide) groups is 2. The molecule has 36 heavy (non-hydrogen) atoms. The third-order valence-corrected chi connectivity index (χ3v) is 9.16. The van der Waals surface area contributed by atoms with Crippen molar-refractivity contribution in [2.75, 3.05) is 18.0 Å². The van der Waals surface area contributed by atoms with Crippen LogP contribution in [0.3, 0.4) is 0 Å². The number of alkyl halides is 3. The van der Waals surface area contributed by atoms with Crippen molar-refractivity contribution >= 4 is 79.9 Å². The van der Waals surface area contributed by atoms with Gasteiger partial charge in [0.25, 0.3) is 11.5 Å². The summed E-state index contributed by atoms with van der Waals surface area (Å²) in [7, 11) is 0. The number of aliphatic carboxylic acids is 1. The van der Waals surface area contributed by atoms with E-state index in [1.54, 1.807) is 24.8 Å². The summed E-state index contributed by atoms with van der Waals surface area (Å²) < 4.78 is 41.3. The quantitative estimate of drug-likeness (QED) is 0.546. The van der Waals surface area contributed by atoms with Crippen molar-refractivity contribution < 1.29 is 27.9 Å². The number of amides is 1. The van der Waals surface area contributed by atoms with Gasteiger partial charge in [-0.15, -0.1) is 11.3 Å². The molecule has 0 atom stereocenters. The van der Waals surface area contributed by atoms with Gasteiger partial charge in [0.2, 0.25) is 0 Å². The predicted octanol–water partition coefficient (Wildman–Crippen LogP) is 3.26. The van der Waals surface area contributed by atoms with Crippen molar-refractivity contribution in [3.63, 3.8) is 0 Å². The second kappa shape index (κ2) is 10.1. The summed E-state index contributed by atoms with van der Waals surface area (Å²) in [5.41, 5.74) is -0.914. The summed E-state index contributed by atoms with van der Waals surface area (Å²) in [6.07, 6.45) is -1.36. The lowest BCUT2D eigenvalue weighted by Crippen LogP contribution is -2.35. The molecule has 1 aromatic heterocycles. The van der Waals surface area contributed by atoms with Gasteiger partial charge in [-0.2, -0.15) is 13.2 Å². The highest BCUT2D eigenvalue weighted by molar-refractivity contribution is 8.30. The number of thiazole rings is 1. The lowest BCUT2D eigenvalue weighted by molar-refractivity contribution is -0.138. The third-order valence-electron chi connectivity index (χ3n) is 5.31. The standard InChI is InChI=1S/C22H18F3N3O4S4/c1-3-26-12-9-11(22(23,24)25)5-6-13(12)34-15(26)8-7-14-18(31)28(10-16(29)30)20(35-14)17-19(32)27(4-2)21(33)36-17/h5-9H,3-4,10H2,1-2H3,(H,29,30)/b14-7+,15-8-,20-17-. The van der Waals surface area contributed by atoms with Gasteiger partial charge < -0.3 is 10.0 Å². The van der Waals surface area contributed by atoms with Gasteiger partial charge in [0.15, 0.2) is 0 Å². The number of carbonyl (C=O) groups is 2. The monoisotopic (exact) mass is 573 g/mol. The molecule has 0 saturated carbocycles. The van der Waals surface area contributed by atoms with E-state index >= 15 is 0 Å². The van der Waals surface area contributed by atoms with E-state index in [1.165, 1.54) is 28.8 Å². The highest BCUT2D eigenvalue weighted by Gasteiger charge is 2.34. The lowest BCUT2D eigenvalue weighted by Gasteiger charge is -2.18. The molecule has 0 spiro atoms. The van der Waals surface area contributed by atoms with Crippen LogP contribution in [0.2, 0.25) is 0 Å². The Labute approximate surface area is 220 Å². The number of rotatable bonds is 5. The van der Waals surface area contributed by atoms with Crippen LogP contribution in [0.5, 0.6) is 0 Å². The highest BCUT2D eigenvalue weighted by Crippen LogP contribution is 2.47. The molecule has 3 heterocycles. The number of hydrogen-bond donors (Lipinski definition) is 1. The largest absolute Gasteiger partial charge is 0.480 e. The van der Waals surface area contributed by atoms with Crippen molar-refractivity contribution in [2.45, 2.75) is 31.5 Å². The molecule has 2 aromatic rings. The fourth-order valence-corrected chi connectivity index (χ4v) is 7.35. The number of carboxylic acids is 1. The number of carbonyl (C=O) groups excluding carboxylic acids is 1. The molecule has 1 amide bonds. The second-order valence-electron chi connectivity index (χ2n) is 7.50. The van der Waals surface area contributed by atoms with E-state index < -0.39 is 35.7 Å². The number of carboxylic acid groups (broad SMARTS) is 1. The number of benzene rings is 1. The second-order valence-corrected chi connectivity index (χ2v) is 11.2. The van der Waals surface area contributed by atoms with Gasteiger partial charge in [-0.1, -0.05) is 35.7 Å². The average molecular weight is 574 g/mol. The van der Waals surface area contributed by atoms with Gasteiger partial charge in [-0.05, 0) is 44.2 Å². The van der Waals surface area contributed by atoms with Crippen LogP contribution in [0, 0.1) is 0 Å². The molecule has 1 N–H and O–H groups in total. The Morgan fingerprint density at radius 2 is 1.81 bits per heavy atom. The normalized spacial score (nSPS) is 19.1. The van der Waals surface area contributed by atoms with Crippen LogP contribution in [0.1, 0.15) is 19.4 Å². The van der Waals surface area contributed by atoms with E-state index in [0.29, 0.717) is 33.0 Å². The number of halogens is 3. The summed E-state index contributed by atoms with van der Waals surface area (Å²) in [6.45, 7) is 3.66. The molecular weight excluding hydrogens is 556 g/mol. The van der Waals surface area contributed by atoms with Crippen LogP contribution < -0.4 is 19.7 Å². The highest BCUT2D eigenvalue weighted by atomic mass is 32.2. The molecule has 0 unspecified atom stereocenters. The molecular formula is C22H18F3N3O4S4. The van der Waals surface area contributed by atoms with Gasteiger partial charge in [0.05, 0.1) is 20.8 Å². The molecule has 0 aliphatic carbocycles. The number of aromatic nitrogens is 1. The Bertz CT molecular complexity index is 1490. The van der Waals surface area contributed by atoms with Gasteiger partial charge >= 0.3 is 12.1 Å². The van der Waals surface area contributed by atoms with Gasteiger partial charge in [0, 0.05) is 18.0 Å². The van der Waals surface area contributed by atoms with Crippen LogP contribution >= 0.6 is 47.1 Å². The zero-order valence-corrected chi connectivity index (χ0v) is 22.1. The predicted molar refractivity (Wildman–Crippen MR) is 139 cm³/mol. The molecule has 14 heteroatoms. The molecule has 0 bridgehead atoms. The molecule has 0 radical (unpaired) electrons. The Morgan fingerprint density at radius 1 is 1.11 bits per heavy atom. The minimum absolute atomic E-state index is 0.184. The first-order valence-electron chi connectivity index (χ1n) is 10.5. The fraction of sp³-hybridized carbons (Fsp3) is 0.273. The van der Waals surface area contributed by atoms with Gasteiger partial charge in [0.1, 0.15) is 20.4 Å². The topological polar surface area (TPSA) is 82.9 Å². The van der Waals surface area contributed by atoms with Crippen molar-refractivity contribution in [1.29, 1.82) is 0 Å². The van der Waals surface area contributed by atoms with E-state index in [1.807, 2.05) is 0 Å². The maximum atomic E-state index is 13.2. The number of hydrogen-bond acceptors (Lipinski definition) is 8. The van der Waals surface area contributed by atoms with Crippen LogP contribution in [0.4, 0.5) is 18.9 Å². The molecule has 7 nitrogen and oxygen atoms in total. The van der Waals surface area contributed by atoms with Crippen LogP contribution in [0.15, 0.2) is 39.0 Å². The van der Waals surface area contributed by atoms with Crippen molar-refractivity contribution in [2.24, 2.45) is 0 Å². The number of fused-ring (bicyclic) bond motifs is 1. The number of anilines is 1. The molecule has 2 aliphatic heterocycles. The van der Waals surface area contributed by atoms with Crippen molar-refractivity contribution in [3.8, 4) is 0 Å². The summed E-state index contributed by atoms with van der Waals surface area (Å²) in [5.74, 6) is -1.64. The fourth-order valence-electron chi connectivity index (χ4n) is 3.66. The number of nitrogens with zero attached hydrogens (tertiary/aromatic N) is 3. The van der Waals surface area contributed by atoms with E-state index in [4.69, 9.17) is 12.2 Å². The lowest BCUT2D eigenvalue weighted by atomic mass is 10.2. The zero-order chi connectivity index (χ0) is 26.4. The van der Waals surface area contributed by atoms with E-state index in [2.05, 4.69) is 0 Å². The Balaban J connectivity index is 1.82. The third kappa shape index (κ3) is 4.86. The van der Waals surface area contributed by atoms with E-state index in [0.717, 1.165) is 39.8 Å². The van der Waals surface area contributed by atoms with Crippen molar-refractivity contribution in [1.82, 2.24) is 9.47 Å². The van der Waals surface area contributed by atoms with Crippen LogP contribution in [-0.4, -0.2) is 43.9 Å². The number of thiocarbonyl (C=S) groups is 1. The minimum atomic E-state index is -4.47. The summed E-state index contributed by atoms with van der Waals surface area (Å²) in [6, 6.07) is 3.54. The van der Waals surface area contributed by atoms with Crippen LogP contribution in [-0.2, 0) is 22.3 Å². The minimum Gasteiger partial charge on any atom is -0.480 e. The van der Waals surface area contributed by atoms with Crippen LogP contribution in [0.25, 0.3) is 11.0 Å². The zero-order valence-electron chi connectivity index (χ0n) is 18.8. The number of allylic oxidation sites excluding steroid dienone is 1. The average Bonchev–Trinajstić information content (AvgIpc) is 3.41. The molecule has 4 rings (SSSR count). The Kier molecular flexibility index (Phi) is 7.42. The summed E-state index contributed by atoms with van der Waals surface area (Å²) in [5, 5.41) is 9.94. The smallest absolute Gasteiger partial charge is 0.416 e. The maximum absolute atomic E-state index is 13.2. The van der Waals surface area contributed by atoms with E-state index in [-0.39, 0.29) is 14.1 Å². The molecule has 1 saturated heterocycles. The summed E-state index contributed by atoms with van der Waals surface area (Å²) >= 11 is 8.49. The molecule has 1 fully saturated rings. The van der Waals surface area contributed by atoms with Crippen molar-refractivity contribution in [3.05, 3.63) is 54.4 Å². The Hall–Kier alpha value is -2.55. The summed E-state index contributed by atoms with van der Waals surface area (Å²) in [4.78, 5) is 41.2. The first kappa shape index (κ1) is 26.5. The SMILES string of the molecule is CCN1C(=O)/C(=c2/s/c(=C/C=C3\Sc4ccc(C(F)(F)F)cc4N3CC)c(=O)n2CC(=O)O)SC1=S. The molecule has 190 valence electrons. The van der Waals surface area contributed by atoms with Gasteiger partial charge in [-0.25, -0.2) is 0 Å². The van der Waals surface area contributed by atoms with Gasteiger partial charge in [-0.3, -0.25) is 23.9 Å². The first-order chi connectivity index (χ1) is 17.0. The first-order valence-corrected chi connectivity index (χ1v) is 13.4. The maximum Gasteiger partial charge on any atom is 0.416 e. The molecule has 1 aromatic carbocycles. The Morgan fingerprint density at radius 3 is 2.39 bits per heavy atom. The van der Waals surface area contributed by atoms with E-state index in [9.17, 15) is 32.7 Å².